The average Bonchev–Trinajstić information content (AvgIpc) is 3.47. The van der Waals surface area contributed by atoms with Crippen molar-refractivity contribution in [3.05, 3.63) is 0 Å². The van der Waals surface area contributed by atoms with Crippen LogP contribution in [0.25, 0.3) is 0 Å². The fraction of sp³-hybridized carbons (Fsp3) is 1.00. The second kappa shape index (κ2) is 12.3. The van der Waals surface area contributed by atoms with Gasteiger partial charge in [0, 0.05) is 17.8 Å². The highest BCUT2D eigenvalue weighted by molar-refractivity contribution is 5.25. The Bertz CT molecular complexity index is 1140. The van der Waals surface area contributed by atoms with Gasteiger partial charge < -0.3 is 70.4 Å². The van der Waals surface area contributed by atoms with Crippen molar-refractivity contribution in [2.45, 2.75) is 145 Å². The molecule has 272 valence electrons. The summed E-state index contributed by atoms with van der Waals surface area (Å²) in [5.41, 5.74) is -3.97. The van der Waals surface area contributed by atoms with Crippen LogP contribution in [0.1, 0.15) is 66.2 Å². The molecule has 4 saturated carbocycles. The van der Waals surface area contributed by atoms with E-state index in [0.29, 0.717) is 32.1 Å². The molecule has 14 nitrogen and oxygen atoms in total. The van der Waals surface area contributed by atoms with Crippen molar-refractivity contribution in [2.75, 3.05) is 13.2 Å². The molecule has 6 aliphatic rings. The number of hydrogen-bond donors (Lipinski definition) is 11. The molecule has 4 aliphatic carbocycles. The Hall–Kier alpha value is -0.560. The van der Waals surface area contributed by atoms with Gasteiger partial charge in [-0.3, -0.25) is 0 Å². The van der Waals surface area contributed by atoms with E-state index >= 15 is 0 Å². The molecule has 21 atom stereocenters. The molecule has 2 saturated heterocycles. The fourth-order valence-corrected chi connectivity index (χ4v) is 11.4. The Morgan fingerprint density at radius 3 is 2.17 bits per heavy atom. The predicted molar refractivity (Wildman–Crippen MR) is 161 cm³/mol. The summed E-state index contributed by atoms with van der Waals surface area (Å²) >= 11 is 0. The van der Waals surface area contributed by atoms with E-state index in [1.807, 2.05) is 13.8 Å². The summed E-state index contributed by atoms with van der Waals surface area (Å²) in [5.74, 6) is -2.23. The third kappa shape index (κ3) is 5.04. The van der Waals surface area contributed by atoms with Crippen molar-refractivity contribution >= 4 is 0 Å². The lowest BCUT2D eigenvalue weighted by atomic mass is 9.40. The van der Waals surface area contributed by atoms with Crippen LogP contribution in [0.2, 0.25) is 0 Å². The van der Waals surface area contributed by atoms with Crippen molar-refractivity contribution in [3.8, 4) is 0 Å². The maximum atomic E-state index is 11.8. The molecule has 47 heavy (non-hydrogen) atoms. The van der Waals surface area contributed by atoms with Crippen molar-refractivity contribution in [1.29, 1.82) is 0 Å². The van der Waals surface area contributed by atoms with Gasteiger partial charge in [-0.15, -0.1) is 0 Å². The lowest BCUT2D eigenvalue weighted by Crippen LogP contribution is -2.81. The second-order valence-electron chi connectivity index (χ2n) is 16.4. The van der Waals surface area contributed by atoms with Gasteiger partial charge in [0.1, 0.15) is 48.3 Å². The van der Waals surface area contributed by atoms with E-state index in [1.54, 1.807) is 6.92 Å². The summed E-state index contributed by atoms with van der Waals surface area (Å²) in [5, 5.41) is 118. The molecule has 14 heteroatoms. The molecule has 0 amide bonds. The van der Waals surface area contributed by atoms with Gasteiger partial charge in [0.05, 0.1) is 31.5 Å². The summed E-state index contributed by atoms with van der Waals surface area (Å²) < 4.78 is 17.6. The van der Waals surface area contributed by atoms with Gasteiger partial charge >= 0.3 is 0 Å². The molecular weight excluding hydrogens is 620 g/mol. The lowest BCUT2D eigenvalue weighted by Gasteiger charge is -2.68. The van der Waals surface area contributed by atoms with Crippen LogP contribution in [0.4, 0.5) is 0 Å². The van der Waals surface area contributed by atoms with Crippen molar-refractivity contribution in [2.24, 2.45) is 46.3 Å². The first-order chi connectivity index (χ1) is 21.9. The Morgan fingerprint density at radius 2 is 1.51 bits per heavy atom. The van der Waals surface area contributed by atoms with Crippen LogP contribution in [0.15, 0.2) is 0 Å². The van der Waals surface area contributed by atoms with Crippen LogP contribution in [0, 0.1) is 46.3 Å². The molecule has 16 unspecified atom stereocenters. The molecule has 2 heterocycles. The molecule has 2 aliphatic heterocycles. The number of fused-ring (bicyclic) bond motifs is 7. The van der Waals surface area contributed by atoms with Crippen molar-refractivity contribution < 1.29 is 70.4 Å². The molecule has 11 N–H and O–H groups in total. The normalized spacial score (nSPS) is 59.6. The summed E-state index contributed by atoms with van der Waals surface area (Å²) in [7, 11) is 0. The van der Waals surface area contributed by atoms with Crippen LogP contribution >= 0.6 is 0 Å². The minimum atomic E-state index is -2.21. The van der Waals surface area contributed by atoms with Gasteiger partial charge in [-0.2, -0.15) is 0 Å². The Kier molecular flexibility index (Phi) is 9.48. The number of hydrogen-bond acceptors (Lipinski definition) is 14. The van der Waals surface area contributed by atoms with Crippen molar-refractivity contribution in [1.82, 2.24) is 0 Å². The van der Waals surface area contributed by atoms with Gasteiger partial charge in [-0.1, -0.05) is 27.7 Å². The molecule has 0 aromatic rings. The van der Waals surface area contributed by atoms with Crippen LogP contribution in [-0.2, 0) is 14.2 Å². The maximum Gasteiger partial charge on any atom is 0.186 e. The standard InChI is InChI=1S/C33H56O14/c1-13(12-45-29-26(40)23(37)22(36)19(11-34)46-29)5-8-32(43)14(2)21-18(47-32)10-17-15-9-20(35)33(44)28(42)25(39)24(38)27(41)31(33,4)16(15)6-7-30(17,21)3/h13-29,34-44H,5-12H2,1-4H3/t13?,14?,15?,16?,17?,18?,19-,20?,21?,22-,23+,24?,25?,26-,27?,28?,29-,30?,31?,32?,33?/m1/s1. The first kappa shape index (κ1) is 36.2. The van der Waals surface area contributed by atoms with Gasteiger partial charge in [0.2, 0.25) is 0 Å². The molecule has 6 fully saturated rings. The third-order valence-electron chi connectivity index (χ3n) is 14.2. The number of aliphatic hydroxyl groups is 11. The van der Waals surface area contributed by atoms with E-state index in [1.165, 1.54) is 0 Å². The molecule has 0 bridgehead atoms. The van der Waals surface area contributed by atoms with Gasteiger partial charge in [-0.05, 0) is 67.1 Å². The molecule has 0 aromatic carbocycles. The highest BCUT2D eigenvalue weighted by Crippen LogP contribution is 2.71. The smallest absolute Gasteiger partial charge is 0.186 e. The second-order valence-corrected chi connectivity index (χ2v) is 16.4. The summed E-state index contributed by atoms with van der Waals surface area (Å²) in [4.78, 5) is 0. The Morgan fingerprint density at radius 1 is 0.851 bits per heavy atom. The van der Waals surface area contributed by atoms with Gasteiger partial charge in [-0.25, -0.2) is 0 Å². The van der Waals surface area contributed by atoms with Crippen LogP contribution in [0.3, 0.4) is 0 Å². The minimum absolute atomic E-state index is 0.000774. The molecule has 0 radical (unpaired) electrons. The van der Waals surface area contributed by atoms with Gasteiger partial charge in [0.25, 0.3) is 0 Å². The highest BCUT2D eigenvalue weighted by atomic mass is 16.7. The Balaban J connectivity index is 1.12. The van der Waals surface area contributed by atoms with E-state index in [9.17, 15) is 56.2 Å². The molecule has 0 aromatic heterocycles. The molecule has 0 spiro atoms. The first-order valence-electron chi connectivity index (χ1n) is 17.3. The quantitative estimate of drug-likeness (QED) is 0.134. The summed E-state index contributed by atoms with van der Waals surface area (Å²) in [6.07, 6.45) is -12.5. The minimum Gasteiger partial charge on any atom is -0.394 e. The van der Waals surface area contributed by atoms with E-state index in [4.69, 9.17) is 14.2 Å². The fourth-order valence-electron chi connectivity index (χ4n) is 11.4. The SMILES string of the molecule is CC(CCC1(O)OC2CC3C4CC(O)C5(O)C(O)C(O)C(O)C(O)C5(C)C4CCC3(C)C2C1C)CO[C@@H]1O[C@H](CO)[C@@H](O)[C@H](O)[C@H]1O. The topological polar surface area (TPSA) is 250 Å². The zero-order chi connectivity index (χ0) is 34.6. The van der Waals surface area contributed by atoms with E-state index in [-0.39, 0.29) is 60.1 Å². The third-order valence-corrected chi connectivity index (χ3v) is 14.2. The average molecular weight is 677 g/mol. The molecular formula is C33H56O14. The van der Waals surface area contributed by atoms with Crippen LogP contribution < -0.4 is 0 Å². The van der Waals surface area contributed by atoms with E-state index < -0.39 is 84.6 Å². The van der Waals surface area contributed by atoms with Gasteiger partial charge in [0.15, 0.2) is 12.1 Å². The largest absolute Gasteiger partial charge is 0.394 e. The summed E-state index contributed by atoms with van der Waals surface area (Å²) in [6.45, 7) is 7.29. The van der Waals surface area contributed by atoms with Crippen LogP contribution in [0.5, 0.6) is 0 Å². The van der Waals surface area contributed by atoms with Crippen molar-refractivity contribution in [3.63, 3.8) is 0 Å². The Labute approximate surface area is 274 Å². The number of rotatable bonds is 7. The number of ether oxygens (including phenoxy) is 3. The molecule has 6 rings (SSSR count). The highest BCUT2D eigenvalue weighted by Gasteiger charge is 2.76. The summed E-state index contributed by atoms with van der Waals surface area (Å²) in [6, 6.07) is 0. The predicted octanol–water partition coefficient (Wildman–Crippen LogP) is -2.43. The van der Waals surface area contributed by atoms with Crippen LogP contribution in [-0.4, -0.2) is 148 Å². The van der Waals surface area contributed by atoms with E-state index in [0.717, 1.165) is 0 Å². The zero-order valence-electron chi connectivity index (χ0n) is 27.6. The zero-order valence-corrected chi connectivity index (χ0v) is 27.6. The number of aliphatic hydroxyl groups excluding tert-OH is 9. The monoisotopic (exact) mass is 676 g/mol. The first-order valence-corrected chi connectivity index (χ1v) is 17.3. The van der Waals surface area contributed by atoms with E-state index in [2.05, 4.69) is 6.92 Å². The lowest BCUT2D eigenvalue weighted by molar-refractivity contribution is -0.350. The maximum absolute atomic E-state index is 11.8.